The molecule has 0 radical (unpaired) electrons. The Bertz CT molecular complexity index is 1110. The summed E-state index contributed by atoms with van der Waals surface area (Å²) in [6.07, 6.45) is 0.748. The van der Waals surface area contributed by atoms with Crippen LogP contribution in [0.25, 0.3) is 0 Å². The topological polar surface area (TPSA) is 65.1 Å². The molecular formula is C26H25NO5. The molecule has 1 heterocycles. The van der Waals surface area contributed by atoms with Gasteiger partial charge in [0.25, 0.3) is 5.91 Å². The molecule has 3 aromatic rings. The lowest BCUT2D eigenvalue weighted by atomic mass is 9.99. The van der Waals surface area contributed by atoms with Gasteiger partial charge in [0, 0.05) is 24.2 Å². The van der Waals surface area contributed by atoms with E-state index in [1.807, 2.05) is 30.3 Å². The monoisotopic (exact) mass is 431 g/mol. The van der Waals surface area contributed by atoms with Crippen LogP contribution in [-0.2, 0) is 17.8 Å². The average molecular weight is 431 g/mol. The maximum atomic E-state index is 12.7. The van der Waals surface area contributed by atoms with Crippen molar-refractivity contribution in [2.75, 3.05) is 27.4 Å². The van der Waals surface area contributed by atoms with Gasteiger partial charge in [-0.3, -0.25) is 9.59 Å². The normalized spacial score (nSPS) is 12.6. The fraction of sp³-hybridized carbons (Fsp3) is 0.231. The third-order valence-corrected chi connectivity index (χ3v) is 5.59. The maximum Gasteiger partial charge on any atom is 0.260 e. The third-order valence-electron chi connectivity index (χ3n) is 5.59. The fourth-order valence-electron chi connectivity index (χ4n) is 3.79. The number of fused-ring (bicyclic) bond motifs is 1. The molecule has 0 unspecified atom stereocenters. The summed E-state index contributed by atoms with van der Waals surface area (Å²) in [5, 5.41) is 0. The first-order chi connectivity index (χ1) is 15.6. The quantitative estimate of drug-likeness (QED) is 0.531. The second-order valence-electron chi connectivity index (χ2n) is 7.55. The smallest absolute Gasteiger partial charge is 0.260 e. The number of hydrogen-bond acceptors (Lipinski definition) is 5. The van der Waals surface area contributed by atoms with Crippen molar-refractivity contribution in [1.82, 2.24) is 4.90 Å². The van der Waals surface area contributed by atoms with Gasteiger partial charge in [-0.1, -0.05) is 30.3 Å². The van der Waals surface area contributed by atoms with E-state index in [9.17, 15) is 9.59 Å². The van der Waals surface area contributed by atoms with Gasteiger partial charge in [0.2, 0.25) is 0 Å². The first kappa shape index (κ1) is 21.4. The van der Waals surface area contributed by atoms with Crippen molar-refractivity contribution in [3.63, 3.8) is 0 Å². The molecule has 0 spiro atoms. The van der Waals surface area contributed by atoms with Crippen molar-refractivity contribution in [3.8, 4) is 17.2 Å². The largest absolute Gasteiger partial charge is 0.493 e. The summed E-state index contributed by atoms with van der Waals surface area (Å²) in [7, 11) is 3.22. The highest BCUT2D eigenvalue weighted by Gasteiger charge is 2.23. The number of carbonyl (C=O) groups is 2. The molecule has 0 atom stereocenters. The Kier molecular flexibility index (Phi) is 6.40. The van der Waals surface area contributed by atoms with E-state index in [4.69, 9.17) is 14.2 Å². The van der Waals surface area contributed by atoms with Gasteiger partial charge in [-0.15, -0.1) is 0 Å². The lowest BCUT2D eigenvalue weighted by Crippen LogP contribution is -2.38. The van der Waals surface area contributed by atoms with Gasteiger partial charge in [-0.05, 0) is 53.9 Å². The summed E-state index contributed by atoms with van der Waals surface area (Å²) in [6, 6.07) is 19.9. The highest BCUT2D eigenvalue weighted by atomic mass is 16.5. The highest BCUT2D eigenvalue weighted by Crippen LogP contribution is 2.33. The second kappa shape index (κ2) is 9.56. The van der Waals surface area contributed by atoms with E-state index < -0.39 is 0 Å². The number of ketones is 1. The van der Waals surface area contributed by atoms with Gasteiger partial charge in [-0.2, -0.15) is 0 Å². The van der Waals surface area contributed by atoms with Crippen LogP contribution >= 0.6 is 0 Å². The number of benzene rings is 3. The Morgan fingerprint density at radius 2 is 1.47 bits per heavy atom. The molecule has 32 heavy (non-hydrogen) atoms. The van der Waals surface area contributed by atoms with Crippen molar-refractivity contribution < 1.29 is 23.8 Å². The number of ether oxygens (including phenoxy) is 3. The number of rotatable bonds is 7. The van der Waals surface area contributed by atoms with Gasteiger partial charge in [0.05, 0.1) is 14.2 Å². The van der Waals surface area contributed by atoms with E-state index >= 15 is 0 Å². The van der Waals surface area contributed by atoms with Crippen LogP contribution < -0.4 is 14.2 Å². The SMILES string of the molecule is COc1cc2c(cc1OC)CN(C(=O)COc1ccc(C(=O)c3ccccc3)cc1)CC2. The van der Waals surface area contributed by atoms with Crippen LogP contribution in [0.5, 0.6) is 17.2 Å². The number of nitrogens with zero attached hydrogens (tertiary/aromatic N) is 1. The van der Waals surface area contributed by atoms with Crippen LogP contribution in [0, 0.1) is 0 Å². The molecule has 164 valence electrons. The van der Waals surface area contributed by atoms with Crippen molar-refractivity contribution >= 4 is 11.7 Å². The van der Waals surface area contributed by atoms with Crippen molar-refractivity contribution in [1.29, 1.82) is 0 Å². The fourth-order valence-corrected chi connectivity index (χ4v) is 3.79. The number of amides is 1. The molecule has 1 aliphatic heterocycles. The van der Waals surface area contributed by atoms with Crippen LogP contribution in [-0.4, -0.2) is 44.0 Å². The molecule has 0 aliphatic carbocycles. The standard InChI is InChI=1S/C26H25NO5/c1-30-23-14-20-12-13-27(16-21(20)15-24(23)31-2)25(28)17-32-22-10-8-19(9-11-22)26(29)18-6-4-3-5-7-18/h3-11,14-15H,12-13,16-17H2,1-2H3. The molecule has 0 N–H and O–H groups in total. The molecule has 0 saturated heterocycles. The molecule has 6 nitrogen and oxygen atoms in total. The van der Waals surface area contributed by atoms with Crippen LogP contribution in [0.15, 0.2) is 66.7 Å². The lowest BCUT2D eigenvalue weighted by molar-refractivity contribution is -0.134. The van der Waals surface area contributed by atoms with Crippen LogP contribution in [0.2, 0.25) is 0 Å². The van der Waals surface area contributed by atoms with E-state index in [1.165, 1.54) is 0 Å². The van der Waals surface area contributed by atoms with Crippen molar-refractivity contribution in [2.45, 2.75) is 13.0 Å². The molecular weight excluding hydrogens is 406 g/mol. The second-order valence-corrected chi connectivity index (χ2v) is 7.55. The molecule has 1 aliphatic rings. The van der Waals surface area contributed by atoms with E-state index in [0.29, 0.717) is 41.5 Å². The summed E-state index contributed by atoms with van der Waals surface area (Å²) < 4.78 is 16.4. The molecule has 1 amide bonds. The molecule has 4 rings (SSSR count). The number of hydrogen-bond donors (Lipinski definition) is 0. The van der Waals surface area contributed by atoms with Crippen molar-refractivity contribution in [3.05, 3.63) is 89.0 Å². The number of carbonyl (C=O) groups excluding carboxylic acids is 2. The predicted molar refractivity (Wildman–Crippen MR) is 120 cm³/mol. The minimum absolute atomic E-state index is 0.0488. The summed E-state index contributed by atoms with van der Waals surface area (Å²) in [6.45, 7) is 1.06. The minimum atomic E-state index is -0.0881. The van der Waals surface area contributed by atoms with Crippen LogP contribution in [0.4, 0.5) is 0 Å². The zero-order valence-electron chi connectivity index (χ0n) is 18.2. The molecule has 3 aromatic carbocycles. The maximum absolute atomic E-state index is 12.7. The summed E-state index contributed by atoms with van der Waals surface area (Å²) in [5.74, 6) is 1.76. The molecule has 0 bridgehead atoms. The summed E-state index contributed by atoms with van der Waals surface area (Å²) >= 11 is 0. The van der Waals surface area contributed by atoms with Gasteiger partial charge >= 0.3 is 0 Å². The van der Waals surface area contributed by atoms with E-state index in [0.717, 1.165) is 17.5 Å². The Hall–Kier alpha value is -3.80. The zero-order chi connectivity index (χ0) is 22.5. The van der Waals surface area contributed by atoms with E-state index in [1.54, 1.807) is 55.5 Å². The first-order valence-electron chi connectivity index (χ1n) is 10.4. The van der Waals surface area contributed by atoms with Gasteiger partial charge < -0.3 is 19.1 Å². The molecule has 6 heteroatoms. The van der Waals surface area contributed by atoms with Crippen LogP contribution in [0.1, 0.15) is 27.0 Å². The number of methoxy groups -OCH3 is 2. The van der Waals surface area contributed by atoms with Crippen LogP contribution in [0.3, 0.4) is 0 Å². The molecule has 0 fully saturated rings. The lowest BCUT2D eigenvalue weighted by Gasteiger charge is -2.29. The van der Waals surface area contributed by atoms with Gasteiger partial charge in [-0.25, -0.2) is 0 Å². The zero-order valence-corrected chi connectivity index (χ0v) is 18.2. The Balaban J connectivity index is 1.36. The van der Waals surface area contributed by atoms with Gasteiger partial charge in [0.15, 0.2) is 23.9 Å². The first-order valence-corrected chi connectivity index (χ1v) is 10.4. The Morgan fingerprint density at radius 3 is 2.12 bits per heavy atom. The molecule has 0 saturated carbocycles. The van der Waals surface area contributed by atoms with E-state index in [-0.39, 0.29) is 18.3 Å². The summed E-state index contributed by atoms with van der Waals surface area (Å²) in [4.78, 5) is 27.0. The Labute approximate surface area is 187 Å². The highest BCUT2D eigenvalue weighted by molar-refractivity contribution is 6.08. The van der Waals surface area contributed by atoms with Gasteiger partial charge in [0.1, 0.15) is 5.75 Å². The third kappa shape index (κ3) is 4.59. The molecule has 0 aromatic heterocycles. The Morgan fingerprint density at radius 1 is 0.844 bits per heavy atom. The van der Waals surface area contributed by atoms with Crippen molar-refractivity contribution in [2.24, 2.45) is 0 Å². The predicted octanol–water partition coefficient (Wildman–Crippen LogP) is 3.90. The summed E-state index contributed by atoms with van der Waals surface area (Å²) in [5.41, 5.74) is 3.42. The minimum Gasteiger partial charge on any atom is -0.493 e. The van der Waals surface area contributed by atoms with E-state index in [2.05, 4.69) is 0 Å². The average Bonchev–Trinajstić information content (AvgIpc) is 2.86.